The van der Waals surface area contributed by atoms with Gasteiger partial charge in [-0.3, -0.25) is 4.79 Å². The average molecular weight is 606 g/mol. The molecule has 0 spiro atoms. The van der Waals surface area contributed by atoms with E-state index in [9.17, 15) is 23.5 Å². The van der Waals surface area contributed by atoms with Crippen molar-refractivity contribution in [1.29, 1.82) is 0 Å². The van der Waals surface area contributed by atoms with Crippen molar-refractivity contribution in [2.24, 2.45) is 11.7 Å². The van der Waals surface area contributed by atoms with E-state index >= 15 is 0 Å². The lowest BCUT2D eigenvalue weighted by Crippen LogP contribution is -2.54. The molecule has 3 rings (SSSR count). The zero-order valence-corrected chi connectivity index (χ0v) is 25.5. The molecule has 0 aromatic heterocycles. The van der Waals surface area contributed by atoms with E-state index in [4.69, 9.17) is 10.5 Å². The minimum absolute atomic E-state index is 0.0420. The van der Waals surface area contributed by atoms with E-state index in [1.807, 2.05) is 30.3 Å². The van der Waals surface area contributed by atoms with E-state index in [0.29, 0.717) is 29.0 Å². The first kappa shape index (κ1) is 33.8. The fourth-order valence-electron chi connectivity index (χ4n) is 4.85. The van der Waals surface area contributed by atoms with Crippen LogP contribution in [0.4, 0.5) is 13.6 Å². The number of nitrogens with zero attached hydrogens (tertiary/aromatic N) is 1. The summed E-state index contributed by atoms with van der Waals surface area (Å²) in [7, 11) is 0. The second-order valence-electron chi connectivity index (χ2n) is 11.2. The first-order valence-corrected chi connectivity index (χ1v) is 16.0. The van der Waals surface area contributed by atoms with E-state index in [2.05, 4.69) is 19.2 Å². The highest BCUT2D eigenvalue weighted by Gasteiger charge is 2.34. The highest BCUT2D eigenvalue weighted by Crippen LogP contribution is 2.30. The van der Waals surface area contributed by atoms with Crippen LogP contribution in [-0.4, -0.2) is 64.3 Å². The van der Waals surface area contributed by atoms with Crippen molar-refractivity contribution in [3.63, 3.8) is 0 Å². The van der Waals surface area contributed by atoms with E-state index < -0.39 is 35.9 Å². The fraction of sp³-hybridized carbons (Fsp3) is 0.562. The molecule has 1 fully saturated rings. The standard InChI is InChI=1S/C32H45F2N3O4S/c1-3-8-27(9-4-2)42-21-29(36-32(40)41-20-23-10-6-5-7-11-23)31(39)37(18-22-12-13-22)19-30(38)28(35)16-24-14-25(33)17-26(34)15-24/h5-7,10-11,14-15,17,22,27-30,38H,3-4,8-9,12-13,16,18-21,35H2,1-2H3,(H,36,40)/t28-,29?,30+/m0/s1. The summed E-state index contributed by atoms with van der Waals surface area (Å²) in [5, 5.41) is 14.1. The van der Waals surface area contributed by atoms with Crippen molar-refractivity contribution in [2.75, 3.05) is 18.8 Å². The lowest BCUT2D eigenvalue weighted by Gasteiger charge is -2.31. The van der Waals surface area contributed by atoms with Gasteiger partial charge in [-0.25, -0.2) is 13.6 Å². The third-order valence-corrected chi connectivity index (χ3v) is 8.77. The number of thioether (sulfide) groups is 1. The maximum absolute atomic E-state index is 13.9. The van der Waals surface area contributed by atoms with Crippen LogP contribution in [0.5, 0.6) is 0 Å². The Bertz CT molecular complexity index is 1100. The first-order chi connectivity index (χ1) is 20.2. The Hall–Kier alpha value is -2.69. The third kappa shape index (κ3) is 11.9. The molecule has 4 N–H and O–H groups in total. The number of halogens is 2. The molecular formula is C32H45F2N3O4S. The van der Waals surface area contributed by atoms with Crippen LogP contribution in [0.25, 0.3) is 0 Å². The topological polar surface area (TPSA) is 105 Å². The largest absolute Gasteiger partial charge is 0.445 e. The van der Waals surface area contributed by atoms with Gasteiger partial charge in [-0.05, 0) is 61.3 Å². The molecule has 1 aliphatic rings. The number of ether oxygens (including phenoxy) is 1. The number of amides is 2. The van der Waals surface area contributed by atoms with Gasteiger partial charge in [-0.2, -0.15) is 11.8 Å². The van der Waals surface area contributed by atoms with Gasteiger partial charge in [0.2, 0.25) is 5.91 Å². The molecule has 1 unspecified atom stereocenters. The molecule has 7 nitrogen and oxygen atoms in total. The van der Waals surface area contributed by atoms with Gasteiger partial charge < -0.3 is 25.8 Å². The Morgan fingerprint density at radius 1 is 1.07 bits per heavy atom. The Morgan fingerprint density at radius 2 is 1.71 bits per heavy atom. The molecule has 2 aromatic carbocycles. The van der Waals surface area contributed by atoms with E-state index in [0.717, 1.165) is 50.2 Å². The highest BCUT2D eigenvalue weighted by molar-refractivity contribution is 7.99. The molecule has 1 saturated carbocycles. The predicted octanol–water partition coefficient (Wildman–Crippen LogP) is 5.43. The van der Waals surface area contributed by atoms with Crippen LogP contribution in [0.15, 0.2) is 48.5 Å². The number of nitrogens with one attached hydrogen (secondary N) is 1. The van der Waals surface area contributed by atoms with Gasteiger partial charge in [0.15, 0.2) is 0 Å². The molecule has 0 radical (unpaired) electrons. The summed E-state index contributed by atoms with van der Waals surface area (Å²) >= 11 is 1.67. The minimum atomic E-state index is -1.13. The van der Waals surface area contributed by atoms with Gasteiger partial charge >= 0.3 is 6.09 Å². The minimum Gasteiger partial charge on any atom is -0.445 e. The predicted molar refractivity (Wildman–Crippen MR) is 163 cm³/mol. The Balaban J connectivity index is 1.70. The van der Waals surface area contributed by atoms with E-state index in [1.54, 1.807) is 16.7 Å². The number of aliphatic hydroxyl groups excluding tert-OH is 1. The zero-order valence-electron chi connectivity index (χ0n) is 24.6. The number of hydrogen-bond acceptors (Lipinski definition) is 6. The van der Waals surface area contributed by atoms with Gasteiger partial charge in [0.25, 0.3) is 0 Å². The lowest BCUT2D eigenvalue weighted by atomic mass is 10.0. The second kappa shape index (κ2) is 17.4. The van der Waals surface area contributed by atoms with Crippen LogP contribution >= 0.6 is 11.8 Å². The molecule has 232 valence electrons. The van der Waals surface area contributed by atoms with Crippen LogP contribution < -0.4 is 11.1 Å². The molecule has 0 heterocycles. The number of carbonyl (C=O) groups excluding carboxylic acids is 2. The first-order valence-electron chi connectivity index (χ1n) is 14.9. The summed E-state index contributed by atoms with van der Waals surface area (Å²) in [6, 6.07) is 10.7. The lowest BCUT2D eigenvalue weighted by molar-refractivity contribution is -0.134. The monoisotopic (exact) mass is 605 g/mol. The number of rotatable bonds is 18. The average Bonchev–Trinajstić information content (AvgIpc) is 3.77. The number of hydrogen-bond donors (Lipinski definition) is 3. The Kier molecular flexibility index (Phi) is 14.0. The van der Waals surface area contributed by atoms with Gasteiger partial charge in [0, 0.05) is 36.2 Å². The zero-order chi connectivity index (χ0) is 30.5. The maximum Gasteiger partial charge on any atom is 0.408 e. The molecule has 3 atom stereocenters. The number of nitrogens with two attached hydrogens (primary N) is 1. The van der Waals surface area contributed by atoms with E-state index in [-0.39, 0.29) is 25.5 Å². The van der Waals surface area contributed by atoms with Gasteiger partial charge in [-0.1, -0.05) is 57.0 Å². The fourth-order valence-corrected chi connectivity index (χ4v) is 6.35. The van der Waals surface area contributed by atoms with Gasteiger partial charge in [0.1, 0.15) is 24.3 Å². The Labute approximate surface area is 252 Å². The van der Waals surface area contributed by atoms with Crippen LogP contribution in [0, 0.1) is 17.6 Å². The summed E-state index contributed by atoms with van der Waals surface area (Å²) in [5.74, 6) is -1.04. The summed E-state index contributed by atoms with van der Waals surface area (Å²) in [5.41, 5.74) is 7.40. The van der Waals surface area contributed by atoms with E-state index in [1.165, 1.54) is 12.1 Å². The van der Waals surface area contributed by atoms with Gasteiger partial charge in [0.05, 0.1) is 6.10 Å². The maximum atomic E-state index is 13.9. The molecule has 1 aliphatic carbocycles. The number of aliphatic hydroxyl groups is 1. The van der Waals surface area contributed by atoms with Crippen LogP contribution in [0.3, 0.4) is 0 Å². The van der Waals surface area contributed by atoms with Crippen molar-refractivity contribution >= 4 is 23.8 Å². The van der Waals surface area contributed by atoms with Crippen molar-refractivity contribution in [2.45, 2.75) is 88.8 Å². The number of benzene rings is 2. The molecule has 0 bridgehead atoms. The number of alkyl carbamates (subject to hydrolysis) is 1. The Morgan fingerprint density at radius 3 is 2.31 bits per heavy atom. The molecule has 0 saturated heterocycles. The van der Waals surface area contributed by atoms with Gasteiger partial charge in [-0.15, -0.1) is 0 Å². The summed E-state index contributed by atoms with van der Waals surface area (Å²) in [6.45, 7) is 4.72. The molecule has 2 aromatic rings. The number of carbonyl (C=O) groups is 2. The summed E-state index contributed by atoms with van der Waals surface area (Å²) in [4.78, 5) is 28.3. The quantitative estimate of drug-likeness (QED) is 0.209. The highest BCUT2D eigenvalue weighted by atomic mass is 32.2. The third-order valence-electron chi connectivity index (χ3n) is 7.31. The molecule has 0 aliphatic heterocycles. The van der Waals surface area contributed by atoms with Crippen LogP contribution in [0.1, 0.15) is 63.5 Å². The molecule has 10 heteroatoms. The smallest absolute Gasteiger partial charge is 0.408 e. The summed E-state index contributed by atoms with van der Waals surface area (Å²) < 4.78 is 32.8. The SMILES string of the molecule is CCCC(CCC)SCC(NC(=O)OCc1ccccc1)C(=O)N(CC1CC1)C[C@@H](O)[C@@H](N)Cc1cc(F)cc(F)c1. The second-order valence-corrected chi connectivity index (χ2v) is 12.5. The molecule has 42 heavy (non-hydrogen) atoms. The van der Waals surface area contributed by atoms with Crippen molar-refractivity contribution in [3.05, 3.63) is 71.3 Å². The molecular weight excluding hydrogens is 560 g/mol. The van der Waals surface area contributed by atoms with Crippen molar-refractivity contribution < 1.29 is 28.2 Å². The normalized spacial score (nSPS) is 15.2. The van der Waals surface area contributed by atoms with Crippen molar-refractivity contribution in [1.82, 2.24) is 10.2 Å². The summed E-state index contributed by atoms with van der Waals surface area (Å²) in [6.07, 6.45) is 4.26. The molecule has 2 amide bonds. The van der Waals surface area contributed by atoms with Crippen LogP contribution in [-0.2, 0) is 22.6 Å². The van der Waals surface area contributed by atoms with Crippen molar-refractivity contribution in [3.8, 4) is 0 Å². The van der Waals surface area contributed by atoms with Crippen LogP contribution in [0.2, 0.25) is 0 Å².